The smallest absolute Gasteiger partial charge is 0.0703 e. The van der Waals surface area contributed by atoms with Gasteiger partial charge >= 0.3 is 0 Å². The Bertz CT molecular complexity index is 178. The summed E-state index contributed by atoms with van der Waals surface area (Å²) in [4.78, 5) is 2.53. The molecule has 2 aliphatic rings. The second-order valence-corrected chi connectivity index (χ2v) is 4.70. The van der Waals surface area contributed by atoms with Gasteiger partial charge in [-0.15, -0.1) is 0 Å². The van der Waals surface area contributed by atoms with Gasteiger partial charge in [0.1, 0.15) is 0 Å². The maximum Gasteiger partial charge on any atom is 0.0703 e. The van der Waals surface area contributed by atoms with Crippen molar-refractivity contribution in [1.29, 1.82) is 0 Å². The summed E-state index contributed by atoms with van der Waals surface area (Å²) < 4.78 is 5.62. The minimum Gasteiger partial charge on any atom is -0.377 e. The third kappa shape index (κ3) is 1.81. The zero-order valence-corrected chi connectivity index (χ0v) is 9.49. The SMILES string of the molecule is CC1NCCC1N(C)C1CCOC1C. The van der Waals surface area contributed by atoms with Crippen molar-refractivity contribution in [3.8, 4) is 0 Å². The Morgan fingerprint density at radius 3 is 2.50 bits per heavy atom. The van der Waals surface area contributed by atoms with E-state index in [1.807, 2.05) is 0 Å². The fourth-order valence-electron chi connectivity index (χ4n) is 2.90. The maximum absolute atomic E-state index is 5.62. The topological polar surface area (TPSA) is 24.5 Å². The Morgan fingerprint density at radius 1 is 1.21 bits per heavy atom. The van der Waals surface area contributed by atoms with Crippen molar-refractivity contribution >= 4 is 0 Å². The average molecular weight is 198 g/mol. The van der Waals surface area contributed by atoms with Gasteiger partial charge < -0.3 is 10.1 Å². The van der Waals surface area contributed by atoms with E-state index >= 15 is 0 Å². The van der Waals surface area contributed by atoms with Gasteiger partial charge in [0.05, 0.1) is 6.10 Å². The summed E-state index contributed by atoms with van der Waals surface area (Å²) in [6, 6.07) is 1.96. The minimum atomic E-state index is 0.410. The molecular formula is C11H22N2O. The summed E-state index contributed by atoms with van der Waals surface area (Å²) in [6.45, 7) is 6.58. The van der Waals surface area contributed by atoms with Gasteiger partial charge in [0.2, 0.25) is 0 Å². The van der Waals surface area contributed by atoms with E-state index in [1.54, 1.807) is 0 Å². The lowest BCUT2D eigenvalue weighted by atomic mass is 10.0. The molecule has 0 spiro atoms. The Morgan fingerprint density at radius 2 is 2.00 bits per heavy atom. The van der Waals surface area contributed by atoms with Crippen LogP contribution >= 0.6 is 0 Å². The normalized spacial score (nSPS) is 43.7. The number of nitrogens with one attached hydrogen (secondary N) is 1. The molecule has 2 rings (SSSR count). The van der Waals surface area contributed by atoms with Crippen molar-refractivity contribution in [1.82, 2.24) is 10.2 Å². The molecule has 2 saturated heterocycles. The van der Waals surface area contributed by atoms with E-state index < -0.39 is 0 Å². The van der Waals surface area contributed by atoms with Gasteiger partial charge in [-0.3, -0.25) is 4.90 Å². The highest BCUT2D eigenvalue weighted by Gasteiger charge is 2.35. The number of hydrogen-bond donors (Lipinski definition) is 1. The molecule has 0 aliphatic carbocycles. The van der Waals surface area contributed by atoms with Gasteiger partial charge in [-0.25, -0.2) is 0 Å². The molecule has 14 heavy (non-hydrogen) atoms. The van der Waals surface area contributed by atoms with Crippen molar-refractivity contribution < 1.29 is 4.74 Å². The van der Waals surface area contributed by atoms with Crippen molar-refractivity contribution in [3.63, 3.8) is 0 Å². The molecular weight excluding hydrogens is 176 g/mol. The number of likely N-dealkylation sites (N-methyl/N-ethyl adjacent to an activating group) is 1. The molecule has 0 saturated carbocycles. The van der Waals surface area contributed by atoms with Crippen molar-refractivity contribution in [3.05, 3.63) is 0 Å². The fraction of sp³-hybridized carbons (Fsp3) is 1.00. The van der Waals surface area contributed by atoms with Gasteiger partial charge in [-0.05, 0) is 40.3 Å². The molecule has 0 aromatic carbocycles. The van der Waals surface area contributed by atoms with Crippen LogP contribution in [0.3, 0.4) is 0 Å². The summed E-state index contributed by atoms with van der Waals surface area (Å²) in [6.07, 6.45) is 2.88. The van der Waals surface area contributed by atoms with Crippen LogP contribution in [0.2, 0.25) is 0 Å². The van der Waals surface area contributed by atoms with E-state index in [4.69, 9.17) is 4.74 Å². The third-order valence-corrected chi connectivity index (χ3v) is 3.87. The number of rotatable bonds is 2. The molecule has 82 valence electrons. The van der Waals surface area contributed by atoms with Gasteiger partial charge in [0.15, 0.2) is 0 Å². The highest BCUT2D eigenvalue weighted by molar-refractivity contribution is 4.92. The van der Waals surface area contributed by atoms with E-state index in [1.165, 1.54) is 12.8 Å². The number of hydrogen-bond acceptors (Lipinski definition) is 3. The highest BCUT2D eigenvalue weighted by Crippen LogP contribution is 2.24. The number of ether oxygens (including phenoxy) is 1. The van der Waals surface area contributed by atoms with E-state index in [9.17, 15) is 0 Å². The summed E-state index contributed by atoms with van der Waals surface area (Å²) in [7, 11) is 2.25. The van der Waals surface area contributed by atoms with E-state index in [2.05, 4.69) is 31.1 Å². The van der Waals surface area contributed by atoms with Crippen LogP contribution in [0, 0.1) is 0 Å². The average Bonchev–Trinajstić information content (AvgIpc) is 2.73. The predicted molar refractivity (Wildman–Crippen MR) is 57.5 cm³/mol. The van der Waals surface area contributed by atoms with Crippen LogP contribution in [0.1, 0.15) is 26.7 Å². The first-order valence-electron chi connectivity index (χ1n) is 5.77. The van der Waals surface area contributed by atoms with Crippen molar-refractivity contribution in [2.45, 2.75) is 50.9 Å². The molecule has 0 aromatic rings. The summed E-state index contributed by atoms with van der Waals surface area (Å²) >= 11 is 0. The predicted octanol–water partition coefficient (Wildman–Crippen LogP) is 0.846. The van der Waals surface area contributed by atoms with Crippen molar-refractivity contribution in [2.75, 3.05) is 20.2 Å². The lowest BCUT2D eigenvalue weighted by Crippen LogP contribution is -2.47. The van der Waals surface area contributed by atoms with Crippen LogP contribution < -0.4 is 5.32 Å². The Hall–Kier alpha value is -0.120. The monoisotopic (exact) mass is 198 g/mol. The van der Waals surface area contributed by atoms with Gasteiger partial charge in [-0.2, -0.15) is 0 Å². The largest absolute Gasteiger partial charge is 0.377 e. The molecule has 4 atom stereocenters. The Labute approximate surface area is 86.8 Å². The minimum absolute atomic E-state index is 0.410. The third-order valence-electron chi connectivity index (χ3n) is 3.87. The van der Waals surface area contributed by atoms with Crippen LogP contribution in [0.4, 0.5) is 0 Å². The van der Waals surface area contributed by atoms with Crippen molar-refractivity contribution in [2.24, 2.45) is 0 Å². The molecule has 4 unspecified atom stereocenters. The zero-order chi connectivity index (χ0) is 10.1. The zero-order valence-electron chi connectivity index (χ0n) is 9.49. The molecule has 0 aromatic heterocycles. The van der Waals surface area contributed by atoms with E-state index in [0.29, 0.717) is 24.2 Å². The molecule has 2 aliphatic heterocycles. The van der Waals surface area contributed by atoms with E-state index in [0.717, 1.165) is 13.2 Å². The standard InChI is InChI=1S/C11H22N2O/c1-8-10(4-6-12-8)13(3)11-5-7-14-9(11)2/h8-12H,4-7H2,1-3H3. The fourth-order valence-corrected chi connectivity index (χ4v) is 2.90. The quantitative estimate of drug-likeness (QED) is 0.712. The summed E-state index contributed by atoms with van der Waals surface area (Å²) in [5.74, 6) is 0. The molecule has 2 heterocycles. The maximum atomic E-state index is 5.62. The Kier molecular flexibility index (Phi) is 3.10. The first kappa shape index (κ1) is 10.4. The van der Waals surface area contributed by atoms with Crippen LogP contribution in [0.15, 0.2) is 0 Å². The molecule has 3 heteroatoms. The summed E-state index contributed by atoms with van der Waals surface area (Å²) in [5.41, 5.74) is 0. The second kappa shape index (κ2) is 4.17. The highest BCUT2D eigenvalue weighted by atomic mass is 16.5. The first-order chi connectivity index (χ1) is 6.70. The second-order valence-electron chi connectivity index (χ2n) is 4.70. The molecule has 0 amide bonds. The Balaban J connectivity index is 1.96. The van der Waals surface area contributed by atoms with Crippen LogP contribution in [-0.4, -0.2) is 49.3 Å². The lowest BCUT2D eigenvalue weighted by molar-refractivity contribution is 0.0657. The molecule has 2 fully saturated rings. The number of nitrogens with zero attached hydrogens (tertiary/aromatic N) is 1. The molecule has 0 radical (unpaired) electrons. The van der Waals surface area contributed by atoms with Crippen LogP contribution in [0.25, 0.3) is 0 Å². The summed E-state index contributed by atoms with van der Waals surface area (Å²) in [5, 5.41) is 3.51. The first-order valence-corrected chi connectivity index (χ1v) is 5.77. The molecule has 0 bridgehead atoms. The van der Waals surface area contributed by atoms with Gasteiger partial charge in [0, 0.05) is 24.7 Å². The van der Waals surface area contributed by atoms with Crippen LogP contribution in [-0.2, 0) is 4.74 Å². The molecule has 1 N–H and O–H groups in total. The van der Waals surface area contributed by atoms with E-state index in [-0.39, 0.29) is 0 Å². The van der Waals surface area contributed by atoms with Gasteiger partial charge in [-0.1, -0.05) is 0 Å². The lowest BCUT2D eigenvalue weighted by Gasteiger charge is -2.34. The molecule has 3 nitrogen and oxygen atoms in total. The van der Waals surface area contributed by atoms with Crippen LogP contribution in [0.5, 0.6) is 0 Å². The van der Waals surface area contributed by atoms with Gasteiger partial charge in [0.25, 0.3) is 0 Å².